The van der Waals surface area contributed by atoms with Gasteiger partial charge in [0.05, 0.1) is 6.61 Å². The molecule has 0 aliphatic carbocycles. The first kappa shape index (κ1) is 21.7. The molecule has 0 heterocycles. The zero-order valence-electron chi connectivity index (χ0n) is 15.0. The quantitative estimate of drug-likeness (QED) is 0.380. The maximum absolute atomic E-state index is 10.6. The van der Waals surface area contributed by atoms with Gasteiger partial charge < -0.3 is 30.3 Å². The number of aliphatic hydroxyl groups is 5. The van der Waals surface area contributed by atoms with E-state index in [0.717, 1.165) is 10.5 Å². The third kappa shape index (κ3) is 6.21. The van der Waals surface area contributed by atoms with Gasteiger partial charge in [0.1, 0.15) is 36.3 Å². The van der Waals surface area contributed by atoms with Gasteiger partial charge in [-0.3, -0.25) is 0 Å². The maximum atomic E-state index is 10.6. The minimum absolute atomic E-state index is 0.281. The summed E-state index contributed by atoms with van der Waals surface area (Å²) in [6, 6.07) is 16.6. The van der Waals surface area contributed by atoms with Crippen LogP contribution in [0.4, 0.5) is 0 Å². The standard InChI is InChI=1S/C20H26O6S/c1-27-15-9-7-13(8-10-15)11-17(26-14-5-3-2-4-6-14)19(24)20(25)18(23)16(22)12-21/h2-10,16-25H,11-12H2,1H3. The molecular weight excluding hydrogens is 368 g/mol. The fraction of sp³-hybridized carbons (Fsp3) is 0.400. The molecule has 2 aromatic rings. The molecule has 0 bridgehead atoms. The molecule has 0 saturated carbocycles. The largest absolute Gasteiger partial charge is 0.487 e. The summed E-state index contributed by atoms with van der Waals surface area (Å²) in [4.78, 5) is 1.10. The van der Waals surface area contributed by atoms with E-state index in [0.29, 0.717) is 5.75 Å². The van der Waals surface area contributed by atoms with Gasteiger partial charge in [-0.05, 0) is 36.1 Å². The van der Waals surface area contributed by atoms with Crippen LogP contribution in [0.2, 0.25) is 0 Å². The molecule has 0 aromatic heterocycles. The Kier molecular flexibility index (Phi) is 8.56. The second-order valence-corrected chi connectivity index (χ2v) is 7.12. The lowest BCUT2D eigenvalue weighted by Crippen LogP contribution is -2.52. The lowest BCUT2D eigenvalue weighted by molar-refractivity contribution is -0.136. The summed E-state index contributed by atoms with van der Waals surface area (Å²) in [6.45, 7) is -0.731. The number of rotatable bonds is 10. The van der Waals surface area contributed by atoms with E-state index in [9.17, 15) is 20.4 Å². The third-order valence-corrected chi connectivity index (χ3v) is 5.03. The van der Waals surface area contributed by atoms with Crippen molar-refractivity contribution in [2.45, 2.75) is 41.8 Å². The summed E-state index contributed by atoms with van der Waals surface area (Å²) < 4.78 is 5.85. The van der Waals surface area contributed by atoms with Crippen LogP contribution in [0.1, 0.15) is 5.56 Å². The fourth-order valence-corrected chi connectivity index (χ4v) is 3.07. The second kappa shape index (κ2) is 10.7. The molecule has 2 rings (SSSR count). The van der Waals surface area contributed by atoms with Crippen LogP contribution in [0.25, 0.3) is 0 Å². The Labute approximate surface area is 163 Å². The average molecular weight is 394 g/mol. The molecule has 6 nitrogen and oxygen atoms in total. The van der Waals surface area contributed by atoms with Gasteiger partial charge in [0.15, 0.2) is 0 Å². The van der Waals surface area contributed by atoms with E-state index in [1.54, 1.807) is 36.0 Å². The van der Waals surface area contributed by atoms with Crippen LogP contribution in [0, 0.1) is 0 Å². The van der Waals surface area contributed by atoms with E-state index in [4.69, 9.17) is 9.84 Å². The van der Waals surface area contributed by atoms with Crippen LogP contribution in [0.5, 0.6) is 5.75 Å². The number of thioether (sulfide) groups is 1. The molecule has 0 aliphatic heterocycles. The second-order valence-electron chi connectivity index (χ2n) is 6.24. The van der Waals surface area contributed by atoms with Crippen molar-refractivity contribution in [2.24, 2.45) is 0 Å². The highest BCUT2D eigenvalue weighted by Crippen LogP contribution is 2.21. The van der Waals surface area contributed by atoms with Gasteiger partial charge in [0, 0.05) is 11.3 Å². The number of aliphatic hydroxyl groups excluding tert-OH is 5. The van der Waals surface area contributed by atoms with E-state index < -0.39 is 37.1 Å². The van der Waals surface area contributed by atoms with Gasteiger partial charge in [-0.25, -0.2) is 0 Å². The highest BCUT2D eigenvalue weighted by atomic mass is 32.2. The molecule has 0 fully saturated rings. The van der Waals surface area contributed by atoms with Crippen LogP contribution < -0.4 is 4.74 Å². The monoisotopic (exact) mass is 394 g/mol. The van der Waals surface area contributed by atoms with Gasteiger partial charge >= 0.3 is 0 Å². The smallest absolute Gasteiger partial charge is 0.131 e. The summed E-state index contributed by atoms with van der Waals surface area (Å²) in [6.07, 6.45) is -5.05. The minimum Gasteiger partial charge on any atom is -0.487 e. The molecule has 2 aromatic carbocycles. The number of benzene rings is 2. The molecule has 5 N–H and O–H groups in total. The Balaban J connectivity index is 2.19. The summed E-state index contributed by atoms with van der Waals surface area (Å²) in [5.74, 6) is 0.506. The highest BCUT2D eigenvalue weighted by molar-refractivity contribution is 7.98. The molecule has 0 radical (unpaired) electrons. The summed E-state index contributed by atoms with van der Waals surface area (Å²) in [7, 11) is 0. The summed E-state index contributed by atoms with van der Waals surface area (Å²) in [5.41, 5.74) is 0.886. The van der Waals surface area contributed by atoms with Crippen LogP contribution in [0.15, 0.2) is 59.5 Å². The molecule has 5 atom stereocenters. The van der Waals surface area contributed by atoms with Gasteiger partial charge in [0.25, 0.3) is 0 Å². The molecule has 0 aliphatic rings. The van der Waals surface area contributed by atoms with Crippen LogP contribution in [-0.4, -0.2) is 68.9 Å². The molecule has 0 saturated heterocycles. The zero-order chi connectivity index (χ0) is 19.8. The minimum atomic E-state index is -1.70. The van der Waals surface area contributed by atoms with E-state index in [1.165, 1.54) is 0 Å². The maximum Gasteiger partial charge on any atom is 0.131 e. The van der Waals surface area contributed by atoms with Crippen molar-refractivity contribution in [3.63, 3.8) is 0 Å². The van der Waals surface area contributed by atoms with Crippen molar-refractivity contribution in [3.8, 4) is 5.75 Å². The summed E-state index contributed by atoms with van der Waals surface area (Å²) in [5, 5.41) is 49.3. The third-order valence-electron chi connectivity index (χ3n) is 4.29. The van der Waals surface area contributed by atoms with Gasteiger partial charge in [0.2, 0.25) is 0 Å². The molecular formula is C20H26O6S. The zero-order valence-corrected chi connectivity index (χ0v) is 15.9. The Morgan fingerprint density at radius 3 is 2.04 bits per heavy atom. The Morgan fingerprint density at radius 2 is 1.48 bits per heavy atom. The lowest BCUT2D eigenvalue weighted by Gasteiger charge is -2.31. The predicted octanol–water partition coefficient (Wildman–Crippen LogP) is 0.834. The van der Waals surface area contributed by atoms with E-state index in [2.05, 4.69) is 0 Å². The predicted molar refractivity (Wildman–Crippen MR) is 104 cm³/mol. The van der Waals surface area contributed by atoms with Crippen molar-refractivity contribution in [1.29, 1.82) is 0 Å². The Morgan fingerprint density at radius 1 is 0.852 bits per heavy atom. The number of hydrogen-bond acceptors (Lipinski definition) is 7. The number of hydrogen-bond donors (Lipinski definition) is 5. The van der Waals surface area contributed by atoms with Gasteiger partial charge in [-0.1, -0.05) is 30.3 Å². The van der Waals surface area contributed by atoms with Crippen molar-refractivity contribution in [1.82, 2.24) is 0 Å². The van der Waals surface area contributed by atoms with Crippen molar-refractivity contribution in [3.05, 3.63) is 60.2 Å². The number of ether oxygens (including phenoxy) is 1. The average Bonchev–Trinajstić information content (AvgIpc) is 2.72. The SMILES string of the molecule is CSc1ccc(CC(Oc2ccccc2)C(O)C(O)C(O)C(O)CO)cc1. The first-order valence-corrected chi connectivity index (χ1v) is 9.86. The normalized spacial score (nSPS) is 17.0. The lowest BCUT2D eigenvalue weighted by atomic mass is 9.95. The molecule has 148 valence electrons. The number of para-hydroxylation sites is 1. The first-order chi connectivity index (χ1) is 13.0. The van der Waals surface area contributed by atoms with E-state index >= 15 is 0 Å². The van der Waals surface area contributed by atoms with Crippen molar-refractivity contribution < 1.29 is 30.3 Å². The Bertz CT molecular complexity index is 666. The molecule has 0 spiro atoms. The first-order valence-electron chi connectivity index (χ1n) is 8.64. The topological polar surface area (TPSA) is 110 Å². The van der Waals surface area contributed by atoms with Crippen LogP contribution in [-0.2, 0) is 6.42 Å². The fourth-order valence-electron chi connectivity index (χ4n) is 2.66. The van der Waals surface area contributed by atoms with Crippen LogP contribution >= 0.6 is 11.8 Å². The van der Waals surface area contributed by atoms with Crippen LogP contribution in [0.3, 0.4) is 0 Å². The molecule has 0 amide bonds. The molecule has 5 unspecified atom stereocenters. The van der Waals surface area contributed by atoms with Crippen molar-refractivity contribution >= 4 is 11.8 Å². The highest BCUT2D eigenvalue weighted by Gasteiger charge is 2.36. The van der Waals surface area contributed by atoms with E-state index in [-0.39, 0.29) is 6.42 Å². The molecule has 27 heavy (non-hydrogen) atoms. The van der Waals surface area contributed by atoms with Crippen molar-refractivity contribution in [2.75, 3.05) is 12.9 Å². The van der Waals surface area contributed by atoms with E-state index in [1.807, 2.05) is 36.6 Å². The van der Waals surface area contributed by atoms with Gasteiger partial charge in [-0.2, -0.15) is 0 Å². The summed E-state index contributed by atoms with van der Waals surface area (Å²) >= 11 is 1.61. The van der Waals surface area contributed by atoms with Gasteiger partial charge in [-0.15, -0.1) is 11.8 Å². The Hall–Kier alpha value is -1.61. The molecule has 7 heteroatoms.